The van der Waals surface area contributed by atoms with Crippen molar-refractivity contribution in [3.8, 4) is 0 Å². The molecule has 0 radical (unpaired) electrons. The maximum atomic E-state index is 11.5. The normalized spacial score (nSPS) is 13.6. The zero-order chi connectivity index (χ0) is 12.4. The van der Waals surface area contributed by atoms with E-state index in [2.05, 4.69) is 5.32 Å². The molecule has 0 saturated carbocycles. The minimum absolute atomic E-state index is 0. The van der Waals surface area contributed by atoms with Crippen molar-refractivity contribution in [2.24, 2.45) is 5.73 Å². The van der Waals surface area contributed by atoms with Crippen LogP contribution in [0.2, 0.25) is 0 Å². The molecule has 0 aromatic carbocycles. The second-order valence-electron chi connectivity index (χ2n) is 3.77. The van der Waals surface area contributed by atoms with E-state index in [-0.39, 0.29) is 24.4 Å². The van der Waals surface area contributed by atoms with Gasteiger partial charge in [-0.05, 0) is 27.2 Å². The third kappa shape index (κ3) is 11.9. The molecular formula is C11H25ClN2O3. The van der Waals surface area contributed by atoms with Gasteiger partial charge in [-0.2, -0.15) is 0 Å². The molecule has 1 amide bonds. The number of halogens is 1. The van der Waals surface area contributed by atoms with Gasteiger partial charge in [-0.1, -0.05) is 0 Å². The van der Waals surface area contributed by atoms with Crippen LogP contribution in [0.3, 0.4) is 0 Å². The molecule has 17 heavy (non-hydrogen) atoms. The second-order valence-corrected chi connectivity index (χ2v) is 3.77. The number of ether oxygens (including phenoxy) is 2. The largest absolute Gasteiger partial charge is 0.379 e. The van der Waals surface area contributed by atoms with Crippen molar-refractivity contribution < 1.29 is 14.3 Å². The minimum Gasteiger partial charge on any atom is -0.379 e. The Bertz CT molecular complexity index is 192. The second kappa shape index (κ2) is 12.1. The van der Waals surface area contributed by atoms with Crippen molar-refractivity contribution in [1.29, 1.82) is 0 Å². The summed E-state index contributed by atoms with van der Waals surface area (Å²) in [4.78, 5) is 11.5. The Labute approximate surface area is 110 Å². The van der Waals surface area contributed by atoms with Crippen LogP contribution in [-0.4, -0.2) is 44.4 Å². The van der Waals surface area contributed by atoms with Crippen LogP contribution in [0.5, 0.6) is 0 Å². The first kappa shape index (κ1) is 19.0. The monoisotopic (exact) mass is 268 g/mol. The fourth-order valence-corrected chi connectivity index (χ4v) is 1.07. The highest BCUT2D eigenvalue weighted by Crippen LogP contribution is 1.92. The van der Waals surface area contributed by atoms with E-state index in [0.717, 1.165) is 6.42 Å². The zero-order valence-electron chi connectivity index (χ0n) is 10.9. The van der Waals surface area contributed by atoms with Crippen molar-refractivity contribution in [3.05, 3.63) is 0 Å². The van der Waals surface area contributed by atoms with Gasteiger partial charge in [0.05, 0.1) is 13.2 Å². The van der Waals surface area contributed by atoms with Gasteiger partial charge in [-0.15, -0.1) is 12.4 Å². The Kier molecular flexibility index (Phi) is 13.5. The molecule has 0 aliphatic heterocycles. The fourth-order valence-electron chi connectivity index (χ4n) is 1.07. The van der Waals surface area contributed by atoms with Crippen LogP contribution >= 0.6 is 12.4 Å². The summed E-state index contributed by atoms with van der Waals surface area (Å²) in [6.45, 7) is 7.78. The molecule has 0 aromatic heterocycles. The van der Waals surface area contributed by atoms with Crippen LogP contribution in [0.15, 0.2) is 0 Å². The summed E-state index contributed by atoms with van der Waals surface area (Å²) in [5, 5.41) is 2.77. The first-order valence-electron chi connectivity index (χ1n) is 5.80. The van der Waals surface area contributed by atoms with Crippen LogP contribution in [0.4, 0.5) is 0 Å². The third-order valence-corrected chi connectivity index (χ3v) is 2.07. The van der Waals surface area contributed by atoms with Gasteiger partial charge in [0.25, 0.3) is 0 Å². The number of carbonyl (C=O) groups is 1. The van der Waals surface area contributed by atoms with Crippen molar-refractivity contribution >= 4 is 18.3 Å². The number of hydrogen-bond acceptors (Lipinski definition) is 4. The van der Waals surface area contributed by atoms with Gasteiger partial charge in [-0.3, -0.25) is 4.79 Å². The lowest BCUT2D eigenvalue weighted by molar-refractivity contribution is -0.132. The van der Waals surface area contributed by atoms with E-state index in [1.165, 1.54) is 0 Å². The lowest BCUT2D eigenvalue weighted by Crippen LogP contribution is -2.37. The summed E-state index contributed by atoms with van der Waals surface area (Å²) < 4.78 is 10.4. The van der Waals surface area contributed by atoms with Crippen molar-refractivity contribution in [2.45, 2.75) is 39.3 Å². The van der Waals surface area contributed by atoms with E-state index >= 15 is 0 Å². The molecule has 0 fully saturated rings. The number of hydrogen-bond donors (Lipinski definition) is 2. The quantitative estimate of drug-likeness (QED) is 0.604. The van der Waals surface area contributed by atoms with Gasteiger partial charge in [0.15, 0.2) is 0 Å². The van der Waals surface area contributed by atoms with Crippen LogP contribution < -0.4 is 11.1 Å². The molecule has 0 spiro atoms. The van der Waals surface area contributed by atoms with Crippen molar-refractivity contribution in [1.82, 2.24) is 5.32 Å². The van der Waals surface area contributed by atoms with Crippen LogP contribution in [0.1, 0.15) is 27.2 Å². The van der Waals surface area contributed by atoms with E-state index in [9.17, 15) is 4.79 Å². The summed E-state index contributed by atoms with van der Waals surface area (Å²) in [7, 11) is 0. The lowest BCUT2D eigenvalue weighted by atomic mass is 10.2. The molecule has 0 heterocycles. The number of nitrogens with one attached hydrogen (secondary N) is 1. The van der Waals surface area contributed by atoms with Gasteiger partial charge >= 0.3 is 0 Å². The molecule has 0 aromatic rings. The standard InChI is InChI=1S/C11H24N2O3.ClH/c1-4-15-7-8-16-10(3)11(14)13-6-5-9(2)12;/h9-10H,4-8,12H2,1-3H3,(H,13,14);1H. The Morgan fingerprint density at radius 1 is 1.35 bits per heavy atom. The van der Waals surface area contributed by atoms with Crippen molar-refractivity contribution in [3.63, 3.8) is 0 Å². The van der Waals surface area contributed by atoms with E-state index < -0.39 is 6.10 Å². The fraction of sp³-hybridized carbons (Fsp3) is 0.909. The first-order chi connectivity index (χ1) is 7.57. The average Bonchev–Trinajstić information content (AvgIpc) is 2.23. The summed E-state index contributed by atoms with van der Waals surface area (Å²) in [5.74, 6) is -0.0999. The number of carbonyl (C=O) groups excluding carboxylic acids is 1. The average molecular weight is 269 g/mol. The Morgan fingerprint density at radius 2 is 2.00 bits per heavy atom. The molecule has 5 nitrogen and oxygen atoms in total. The summed E-state index contributed by atoms with van der Waals surface area (Å²) in [6, 6.07) is 0.106. The highest BCUT2D eigenvalue weighted by molar-refractivity contribution is 5.85. The number of amides is 1. The molecule has 3 N–H and O–H groups in total. The molecule has 0 aliphatic carbocycles. The van der Waals surface area contributed by atoms with Crippen LogP contribution in [0.25, 0.3) is 0 Å². The Hall–Kier alpha value is -0.360. The molecule has 2 unspecified atom stereocenters. The third-order valence-electron chi connectivity index (χ3n) is 2.07. The molecule has 0 rings (SSSR count). The first-order valence-corrected chi connectivity index (χ1v) is 5.80. The van der Waals surface area contributed by atoms with E-state index in [0.29, 0.717) is 26.4 Å². The molecular weight excluding hydrogens is 244 g/mol. The molecule has 0 bridgehead atoms. The Morgan fingerprint density at radius 3 is 2.53 bits per heavy atom. The van der Waals surface area contributed by atoms with E-state index in [1.807, 2.05) is 13.8 Å². The van der Waals surface area contributed by atoms with Gasteiger partial charge in [0, 0.05) is 19.2 Å². The number of rotatable bonds is 9. The van der Waals surface area contributed by atoms with Crippen LogP contribution in [0, 0.1) is 0 Å². The van der Waals surface area contributed by atoms with Crippen LogP contribution in [-0.2, 0) is 14.3 Å². The molecule has 0 saturated heterocycles. The predicted molar refractivity (Wildman–Crippen MR) is 70.4 cm³/mol. The lowest BCUT2D eigenvalue weighted by Gasteiger charge is -2.13. The van der Waals surface area contributed by atoms with Crippen molar-refractivity contribution in [2.75, 3.05) is 26.4 Å². The zero-order valence-corrected chi connectivity index (χ0v) is 11.7. The molecule has 104 valence electrons. The summed E-state index contributed by atoms with van der Waals surface area (Å²) in [6.07, 6.45) is 0.339. The van der Waals surface area contributed by atoms with E-state index in [1.54, 1.807) is 6.92 Å². The van der Waals surface area contributed by atoms with Gasteiger partial charge in [-0.25, -0.2) is 0 Å². The van der Waals surface area contributed by atoms with Gasteiger partial charge < -0.3 is 20.5 Å². The SMILES string of the molecule is CCOCCOC(C)C(=O)NCCC(C)N.Cl. The molecule has 6 heteroatoms. The summed E-state index contributed by atoms with van der Waals surface area (Å²) >= 11 is 0. The molecule has 2 atom stereocenters. The maximum absolute atomic E-state index is 11.5. The summed E-state index contributed by atoms with van der Waals surface area (Å²) in [5.41, 5.74) is 5.57. The van der Waals surface area contributed by atoms with Gasteiger partial charge in [0.1, 0.15) is 6.10 Å². The van der Waals surface area contributed by atoms with Gasteiger partial charge in [0.2, 0.25) is 5.91 Å². The maximum Gasteiger partial charge on any atom is 0.248 e. The highest BCUT2D eigenvalue weighted by Gasteiger charge is 2.12. The predicted octanol–water partition coefficient (Wildman–Crippen LogP) is 0.703. The Balaban J connectivity index is 0. The topological polar surface area (TPSA) is 73.6 Å². The molecule has 0 aliphatic rings. The van der Waals surface area contributed by atoms with E-state index in [4.69, 9.17) is 15.2 Å². The minimum atomic E-state index is -0.437. The number of nitrogens with two attached hydrogens (primary N) is 1. The smallest absolute Gasteiger partial charge is 0.248 e. The highest BCUT2D eigenvalue weighted by atomic mass is 35.5.